The number of fused-ring (bicyclic) bond motifs is 2. The summed E-state index contributed by atoms with van der Waals surface area (Å²) in [6, 6.07) is 8.92. The van der Waals surface area contributed by atoms with Gasteiger partial charge in [0, 0.05) is 93.9 Å². The third-order valence-electron chi connectivity index (χ3n) is 9.46. The van der Waals surface area contributed by atoms with E-state index in [4.69, 9.17) is 0 Å². The Morgan fingerprint density at radius 3 is 2.52 bits per heavy atom. The molecule has 2 aliphatic heterocycles. The van der Waals surface area contributed by atoms with Crippen LogP contribution in [0.3, 0.4) is 0 Å². The molecule has 11 nitrogen and oxygen atoms in total. The first kappa shape index (κ1) is 33.0. The molecule has 7 rings (SSSR count). The average Bonchev–Trinajstić information content (AvgIpc) is 3.72. The van der Waals surface area contributed by atoms with Crippen molar-refractivity contribution < 1.29 is 27.6 Å². The summed E-state index contributed by atoms with van der Waals surface area (Å²) >= 11 is 0. The topological polar surface area (TPSA) is 118 Å². The van der Waals surface area contributed by atoms with Crippen molar-refractivity contribution in [2.24, 2.45) is 13.0 Å². The minimum absolute atomic E-state index is 0.00890. The van der Waals surface area contributed by atoms with Gasteiger partial charge in [-0.15, -0.1) is 0 Å². The number of nitrogens with zero attached hydrogens (tertiary/aromatic N) is 7. The predicted octanol–water partition coefficient (Wildman–Crippen LogP) is 4.87. The fourth-order valence-electron chi connectivity index (χ4n) is 6.91. The molecule has 3 aromatic heterocycles. The highest BCUT2D eigenvalue weighted by Gasteiger charge is 2.39. The van der Waals surface area contributed by atoms with Crippen LogP contribution in [0.25, 0.3) is 22.0 Å². The summed E-state index contributed by atoms with van der Waals surface area (Å²) in [5.74, 6) is -0.481. The third kappa shape index (κ3) is 6.09. The number of likely N-dealkylation sites (tertiary alicyclic amines) is 1. The Balaban J connectivity index is 1.27. The van der Waals surface area contributed by atoms with Crippen molar-refractivity contribution in [3.05, 3.63) is 95.0 Å². The molecule has 0 unspecified atom stereocenters. The lowest BCUT2D eigenvalue weighted by Crippen LogP contribution is -2.53. The highest BCUT2D eigenvalue weighted by molar-refractivity contribution is 6.15. The van der Waals surface area contributed by atoms with Crippen LogP contribution in [0, 0.1) is 5.92 Å². The van der Waals surface area contributed by atoms with Crippen molar-refractivity contribution in [2.45, 2.75) is 39.4 Å². The molecule has 0 radical (unpaired) electrons. The fourth-order valence-corrected chi connectivity index (χ4v) is 6.91. The Bertz CT molecular complexity index is 2130. The van der Waals surface area contributed by atoms with E-state index in [9.17, 15) is 27.6 Å². The van der Waals surface area contributed by atoms with Crippen LogP contribution < -0.4 is 10.2 Å². The smallest absolute Gasteiger partial charge is 0.352 e. The van der Waals surface area contributed by atoms with Crippen molar-refractivity contribution in [1.29, 1.82) is 0 Å². The number of rotatable bonds is 8. The van der Waals surface area contributed by atoms with Gasteiger partial charge in [-0.25, -0.2) is 4.98 Å². The monoisotopic (exact) mass is 684 g/mol. The molecular formula is C36H35F3N8O3. The van der Waals surface area contributed by atoms with Crippen LogP contribution in [0.15, 0.2) is 61.4 Å². The molecule has 0 bridgehead atoms. The van der Waals surface area contributed by atoms with Gasteiger partial charge in [-0.2, -0.15) is 18.3 Å². The second kappa shape index (κ2) is 12.7. The largest absolute Gasteiger partial charge is 0.435 e. The Morgan fingerprint density at radius 1 is 1.04 bits per heavy atom. The number of aromatic nitrogens is 5. The van der Waals surface area contributed by atoms with E-state index in [1.54, 1.807) is 57.5 Å². The number of hydrogen-bond acceptors (Lipinski definition) is 6. The Morgan fingerprint density at radius 2 is 1.82 bits per heavy atom. The summed E-state index contributed by atoms with van der Waals surface area (Å²) < 4.78 is 45.5. The number of carbonyl (C=O) groups excluding carboxylic acids is 3. The van der Waals surface area contributed by atoms with Crippen LogP contribution in [-0.4, -0.2) is 73.1 Å². The van der Waals surface area contributed by atoms with Gasteiger partial charge in [-0.3, -0.25) is 24.0 Å². The highest BCUT2D eigenvalue weighted by atomic mass is 19.4. The standard InChI is InChI=1S/C36H35F3N8O3/c1-4-22-11-28-31(5-7-41-32(28)29(12-22)34(49)42-15-24-17-46(18-24)21(2)48)47-9-6-25-26(30-19-44(3)43-33(30)36(37,38)39)13-23(14-27(25)35(47)50)16-45-10-8-40-20-45/h5,7-8,10-14,19-20,24H,4,6,9,15-18H2,1-3H3,(H,42,49). The zero-order chi connectivity index (χ0) is 35.3. The van der Waals surface area contributed by atoms with Gasteiger partial charge in [-0.05, 0) is 65.4 Å². The van der Waals surface area contributed by atoms with Gasteiger partial charge in [0.1, 0.15) is 0 Å². The molecule has 0 saturated carbocycles. The van der Waals surface area contributed by atoms with E-state index in [0.29, 0.717) is 77.0 Å². The molecular weight excluding hydrogens is 649 g/mol. The molecule has 3 amide bonds. The van der Waals surface area contributed by atoms with Gasteiger partial charge >= 0.3 is 6.18 Å². The van der Waals surface area contributed by atoms with Crippen LogP contribution in [0.4, 0.5) is 18.9 Å². The first-order valence-corrected chi connectivity index (χ1v) is 16.4. The van der Waals surface area contributed by atoms with Crippen molar-refractivity contribution in [1.82, 2.24) is 34.5 Å². The zero-order valence-electron chi connectivity index (χ0n) is 27.8. The number of anilines is 1. The summed E-state index contributed by atoms with van der Waals surface area (Å²) in [6.07, 6.45) is 4.08. The molecule has 50 heavy (non-hydrogen) atoms. The quantitative estimate of drug-likeness (QED) is 0.249. The van der Waals surface area contributed by atoms with Gasteiger partial charge in [-0.1, -0.05) is 6.92 Å². The second-order valence-electron chi connectivity index (χ2n) is 12.9. The maximum absolute atomic E-state index is 14.5. The van der Waals surface area contributed by atoms with E-state index in [0.717, 1.165) is 10.2 Å². The fraction of sp³-hybridized carbons (Fsp3) is 0.333. The molecule has 258 valence electrons. The van der Waals surface area contributed by atoms with Crippen molar-refractivity contribution in [3.63, 3.8) is 0 Å². The SMILES string of the molecule is CCc1cc(C(=O)NCC2CN(C(C)=O)C2)c2nccc(N3CCc4c(cc(Cn5ccnc5)cc4-c4cn(C)nc4C(F)(F)F)C3=O)c2c1. The normalized spacial score (nSPS) is 15.0. The molecule has 1 saturated heterocycles. The van der Waals surface area contributed by atoms with Crippen LogP contribution in [-0.2, 0) is 37.4 Å². The maximum atomic E-state index is 14.5. The molecule has 2 aromatic carbocycles. The Labute approximate surface area is 285 Å². The number of amides is 3. The summed E-state index contributed by atoms with van der Waals surface area (Å²) in [4.78, 5) is 51.6. The van der Waals surface area contributed by atoms with E-state index in [2.05, 4.69) is 20.4 Å². The number of carbonyl (C=O) groups is 3. The molecule has 1 fully saturated rings. The van der Waals surface area contributed by atoms with E-state index in [1.165, 1.54) is 20.2 Å². The minimum Gasteiger partial charge on any atom is -0.352 e. The molecule has 5 heterocycles. The van der Waals surface area contributed by atoms with Crippen LogP contribution >= 0.6 is 0 Å². The molecule has 2 aliphatic rings. The van der Waals surface area contributed by atoms with Crippen LogP contribution in [0.5, 0.6) is 0 Å². The maximum Gasteiger partial charge on any atom is 0.435 e. The predicted molar refractivity (Wildman–Crippen MR) is 180 cm³/mol. The summed E-state index contributed by atoms with van der Waals surface area (Å²) in [5, 5.41) is 7.36. The lowest BCUT2D eigenvalue weighted by Gasteiger charge is -2.38. The second-order valence-corrected chi connectivity index (χ2v) is 12.9. The van der Waals surface area contributed by atoms with Crippen molar-refractivity contribution >= 4 is 34.3 Å². The van der Waals surface area contributed by atoms with Gasteiger partial charge in [0.25, 0.3) is 11.8 Å². The average molecular weight is 685 g/mol. The summed E-state index contributed by atoms with van der Waals surface area (Å²) in [7, 11) is 1.44. The minimum atomic E-state index is -4.70. The van der Waals surface area contributed by atoms with Crippen molar-refractivity contribution in [3.8, 4) is 11.1 Å². The highest BCUT2D eigenvalue weighted by Crippen LogP contribution is 2.41. The van der Waals surface area contributed by atoms with E-state index >= 15 is 0 Å². The van der Waals surface area contributed by atoms with E-state index < -0.39 is 11.9 Å². The number of nitrogens with one attached hydrogen (secondary N) is 1. The van der Waals surface area contributed by atoms with Crippen LogP contribution in [0.1, 0.15) is 56.9 Å². The zero-order valence-corrected chi connectivity index (χ0v) is 27.8. The number of hydrogen-bond donors (Lipinski definition) is 1. The molecule has 5 aromatic rings. The lowest BCUT2D eigenvalue weighted by atomic mass is 9.87. The summed E-state index contributed by atoms with van der Waals surface area (Å²) in [5.41, 5.74) is 2.94. The molecule has 14 heteroatoms. The van der Waals surface area contributed by atoms with Crippen molar-refractivity contribution in [2.75, 3.05) is 31.1 Å². The van der Waals surface area contributed by atoms with Gasteiger partial charge < -0.3 is 19.7 Å². The Kier molecular flexibility index (Phi) is 8.40. The van der Waals surface area contributed by atoms with Gasteiger partial charge in [0.05, 0.1) is 23.1 Å². The molecule has 1 N–H and O–H groups in total. The molecule has 0 atom stereocenters. The number of aryl methyl sites for hydroxylation is 2. The molecule has 0 spiro atoms. The lowest BCUT2D eigenvalue weighted by molar-refractivity contribution is -0.141. The third-order valence-corrected chi connectivity index (χ3v) is 9.46. The number of imidazole rings is 1. The molecule has 0 aliphatic carbocycles. The number of halogens is 3. The van der Waals surface area contributed by atoms with E-state index in [1.807, 2.05) is 19.1 Å². The first-order chi connectivity index (χ1) is 23.9. The number of alkyl halides is 3. The Hall–Kier alpha value is -5.53. The van der Waals surface area contributed by atoms with Gasteiger partial charge in [0.2, 0.25) is 5.91 Å². The number of benzene rings is 2. The van der Waals surface area contributed by atoms with Crippen LogP contribution in [0.2, 0.25) is 0 Å². The number of pyridine rings is 1. The summed E-state index contributed by atoms with van der Waals surface area (Å²) in [6.45, 7) is 5.59. The van der Waals surface area contributed by atoms with E-state index in [-0.39, 0.29) is 42.2 Å². The van der Waals surface area contributed by atoms with Gasteiger partial charge in [0.15, 0.2) is 5.69 Å². The first-order valence-electron chi connectivity index (χ1n) is 16.4.